The van der Waals surface area contributed by atoms with Gasteiger partial charge in [-0.1, -0.05) is 6.07 Å². The average molecular weight is 293 g/mol. The van der Waals surface area contributed by atoms with Crippen LogP contribution in [-0.2, 0) is 6.42 Å². The zero-order valence-electron chi connectivity index (χ0n) is 10.3. The standard InChI is InChI=1S/C12H11N3O4S/c16-12(17)10-6-8(15(18)19)7-14-11(10)13-4-3-9-2-1-5-20-9/h1-2,5-7H,3-4H2,(H,13,14)(H,16,17). The van der Waals surface area contributed by atoms with Crippen molar-refractivity contribution in [1.29, 1.82) is 0 Å². The molecule has 104 valence electrons. The maximum atomic E-state index is 11.1. The molecule has 0 aliphatic heterocycles. The first kappa shape index (κ1) is 13.9. The summed E-state index contributed by atoms with van der Waals surface area (Å²) in [5.74, 6) is -1.11. The SMILES string of the molecule is O=C(O)c1cc([N+](=O)[O-])cnc1NCCc1cccs1. The van der Waals surface area contributed by atoms with E-state index in [4.69, 9.17) is 5.11 Å². The third-order valence-corrected chi connectivity index (χ3v) is 3.49. The Morgan fingerprint density at radius 1 is 1.55 bits per heavy atom. The van der Waals surface area contributed by atoms with Crippen LogP contribution < -0.4 is 5.32 Å². The Balaban J connectivity index is 2.10. The van der Waals surface area contributed by atoms with E-state index in [1.807, 2.05) is 17.5 Å². The molecule has 0 radical (unpaired) electrons. The van der Waals surface area contributed by atoms with Crippen molar-refractivity contribution in [2.24, 2.45) is 0 Å². The minimum Gasteiger partial charge on any atom is -0.478 e. The molecule has 0 bridgehead atoms. The Hall–Kier alpha value is -2.48. The van der Waals surface area contributed by atoms with Gasteiger partial charge in [0.2, 0.25) is 0 Å². The Bertz CT molecular complexity index is 628. The predicted molar refractivity (Wildman–Crippen MR) is 74.4 cm³/mol. The second kappa shape index (κ2) is 6.11. The number of hydrogen-bond acceptors (Lipinski definition) is 6. The normalized spacial score (nSPS) is 10.2. The summed E-state index contributed by atoms with van der Waals surface area (Å²) in [6.07, 6.45) is 1.77. The molecule has 0 atom stereocenters. The molecule has 0 aromatic carbocycles. The Labute approximate surface area is 118 Å². The summed E-state index contributed by atoms with van der Waals surface area (Å²) in [6, 6.07) is 4.92. The van der Waals surface area contributed by atoms with E-state index in [2.05, 4.69) is 10.3 Å². The summed E-state index contributed by atoms with van der Waals surface area (Å²) < 4.78 is 0. The molecule has 0 aliphatic carbocycles. The fourth-order valence-corrected chi connectivity index (χ4v) is 2.33. The van der Waals surface area contributed by atoms with Crippen molar-refractivity contribution in [2.45, 2.75) is 6.42 Å². The second-order valence-electron chi connectivity index (χ2n) is 3.91. The molecule has 0 spiro atoms. The number of hydrogen-bond donors (Lipinski definition) is 2. The van der Waals surface area contributed by atoms with Crippen LogP contribution in [0.15, 0.2) is 29.8 Å². The molecule has 2 aromatic heterocycles. The van der Waals surface area contributed by atoms with Gasteiger partial charge >= 0.3 is 5.97 Å². The fourth-order valence-electron chi connectivity index (χ4n) is 1.62. The molecule has 8 heteroatoms. The first-order valence-corrected chi connectivity index (χ1v) is 6.60. The van der Waals surface area contributed by atoms with E-state index in [1.54, 1.807) is 11.3 Å². The van der Waals surface area contributed by atoms with Crippen LogP contribution in [0.4, 0.5) is 11.5 Å². The van der Waals surface area contributed by atoms with Crippen LogP contribution >= 0.6 is 11.3 Å². The third-order valence-electron chi connectivity index (χ3n) is 2.56. The number of thiophene rings is 1. The number of nitrogens with one attached hydrogen (secondary N) is 1. The maximum Gasteiger partial charge on any atom is 0.339 e. The van der Waals surface area contributed by atoms with E-state index in [0.717, 1.165) is 23.6 Å². The van der Waals surface area contributed by atoms with E-state index in [1.165, 1.54) is 0 Å². The first-order valence-electron chi connectivity index (χ1n) is 5.72. The van der Waals surface area contributed by atoms with Gasteiger partial charge in [0.25, 0.3) is 5.69 Å². The lowest BCUT2D eigenvalue weighted by atomic mass is 10.2. The van der Waals surface area contributed by atoms with Crippen LogP contribution in [0.5, 0.6) is 0 Å². The van der Waals surface area contributed by atoms with Crippen molar-refractivity contribution >= 4 is 28.8 Å². The number of pyridine rings is 1. The maximum absolute atomic E-state index is 11.1. The molecule has 2 aromatic rings. The molecule has 2 rings (SSSR count). The van der Waals surface area contributed by atoms with Gasteiger partial charge in [0.15, 0.2) is 0 Å². The average Bonchev–Trinajstić information content (AvgIpc) is 2.91. The molecule has 0 amide bonds. The molecule has 0 aliphatic rings. The van der Waals surface area contributed by atoms with Crippen molar-refractivity contribution in [3.8, 4) is 0 Å². The van der Waals surface area contributed by atoms with Crippen molar-refractivity contribution in [3.63, 3.8) is 0 Å². The number of carboxylic acids is 1. The van der Waals surface area contributed by atoms with Crippen LogP contribution in [0.3, 0.4) is 0 Å². The number of aromatic nitrogens is 1. The minimum atomic E-state index is -1.25. The van der Waals surface area contributed by atoms with Gasteiger partial charge in [-0.2, -0.15) is 0 Å². The zero-order chi connectivity index (χ0) is 14.5. The molecule has 2 heterocycles. The fraction of sp³-hybridized carbons (Fsp3) is 0.167. The van der Waals surface area contributed by atoms with E-state index >= 15 is 0 Å². The summed E-state index contributed by atoms with van der Waals surface area (Å²) in [5.41, 5.74) is -0.545. The monoisotopic (exact) mass is 293 g/mol. The van der Waals surface area contributed by atoms with Crippen molar-refractivity contribution in [2.75, 3.05) is 11.9 Å². The summed E-state index contributed by atoms with van der Waals surface area (Å²) in [6.45, 7) is 0.506. The van der Waals surface area contributed by atoms with Gasteiger partial charge in [0.05, 0.1) is 4.92 Å². The predicted octanol–water partition coefficient (Wildman–Crippen LogP) is 2.40. The van der Waals surface area contributed by atoms with Crippen molar-refractivity contribution in [3.05, 3.63) is 50.3 Å². The van der Waals surface area contributed by atoms with Gasteiger partial charge in [0, 0.05) is 17.5 Å². The van der Waals surface area contributed by atoms with Crippen molar-refractivity contribution in [1.82, 2.24) is 4.98 Å². The summed E-state index contributed by atoms with van der Waals surface area (Å²) >= 11 is 1.61. The summed E-state index contributed by atoms with van der Waals surface area (Å²) in [7, 11) is 0. The minimum absolute atomic E-state index is 0.139. The molecule has 0 saturated carbocycles. The number of rotatable bonds is 6. The molecule has 0 unspecified atom stereocenters. The second-order valence-corrected chi connectivity index (χ2v) is 4.94. The van der Waals surface area contributed by atoms with Gasteiger partial charge in [-0.05, 0) is 17.9 Å². The zero-order valence-corrected chi connectivity index (χ0v) is 11.1. The lowest BCUT2D eigenvalue weighted by molar-refractivity contribution is -0.385. The molecule has 7 nitrogen and oxygen atoms in total. The largest absolute Gasteiger partial charge is 0.478 e. The summed E-state index contributed by atoms with van der Waals surface area (Å²) in [4.78, 5) is 26.0. The number of anilines is 1. The molecular formula is C12H11N3O4S. The van der Waals surface area contributed by atoms with Crippen LogP contribution in [0.1, 0.15) is 15.2 Å². The molecule has 20 heavy (non-hydrogen) atoms. The molecule has 0 fully saturated rings. The van der Waals surface area contributed by atoms with Crippen molar-refractivity contribution < 1.29 is 14.8 Å². The molecule has 0 saturated heterocycles. The number of aromatic carboxylic acids is 1. The van der Waals surface area contributed by atoms with Crippen LogP contribution in [0.25, 0.3) is 0 Å². The smallest absolute Gasteiger partial charge is 0.339 e. The Morgan fingerprint density at radius 2 is 2.35 bits per heavy atom. The lowest BCUT2D eigenvalue weighted by Gasteiger charge is -2.07. The number of nitrogens with zero attached hydrogens (tertiary/aromatic N) is 2. The van der Waals surface area contributed by atoms with E-state index in [9.17, 15) is 14.9 Å². The Morgan fingerprint density at radius 3 is 2.95 bits per heavy atom. The first-order chi connectivity index (χ1) is 9.58. The van der Waals surface area contributed by atoms with Gasteiger partial charge in [-0.25, -0.2) is 9.78 Å². The van der Waals surface area contributed by atoms with Gasteiger partial charge in [-0.3, -0.25) is 10.1 Å². The highest BCUT2D eigenvalue weighted by molar-refractivity contribution is 7.09. The topological polar surface area (TPSA) is 105 Å². The van der Waals surface area contributed by atoms with Gasteiger partial charge < -0.3 is 10.4 Å². The summed E-state index contributed by atoms with van der Waals surface area (Å²) in [5, 5.41) is 24.5. The van der Waals surface area contributed by atoms with E-state index in [-0.39, 0.29) is 17.1 Å². The van der Waals surface area contributed by atoms with Crippen LogP contribution in [0, 0.1) is 10.1 Å². The highest BCUT2D eigenvalue weighted by Gasteiger charge is 2.17. The van der Waals surface area contributed by atoms with Gasteiger partial charge in [0.1, 0.15) is 17.6 Å². The van der Waals surface area contributed by atoms with Crippen LogP contribution in [0.2, 0.25) is 0 Å². The molecular weight excluding hydrogens is 282 g/mol. The quantitative estimate of drug-likeness (QED) is 0.626. The highest BCUT2D eigenvalue weighted by atomic mass is 32.1. The Kier molecular flexibility index (Phi) is 4.26. The van der Waals surface area contributed by atoms with Crippen LogP contribution in [-0.4, -0.2) is 27.5 Å². The van der Waals surface area contributed by atoms with E-state index < -0.39 is 10.9 Å². The van der Waals surface area contributed by atoms with E-state index in [0.29, 0.717) is 6.54 Å². The number of carboxylic acid groups (broad SMARTS) is 1. The molecule has 2 N–H and O–H groups in total. The lowest BCUT2D eigenvalue weighted by Crippen LogP contribution is -2.11. The third kappa shape index (κ3) is 3.29. The highest BCUT2D eigenvalue weighted by Crippen LogP contribution is 2.19. The number of nitro groups is 1. The van der Waals surface area contributed by atoms with Gasteiger partial charge in [-0.15, -0.1) is 11.3 Å². The number of carbonyl (C=O) groups is 1.